The van der Waals surface area contributed by atoms with Crippen molar-refractivity contribution in [3.05, 3.63) is 47.3 Å². The van der Waals surface area contributed by atoms with Crippen LogP contribution in [0.4, 0.5) is 27.6 Å². The summed E-state index contributed by atoms with van der Waals surface area (Å²) in [6.45, 7) is -0.0673. The third-order valence-corrected chi connectivity index (χ3v) is 2.66. The molecule has 0 saturated heterocycles. The maximum atomic E-state index is 13.3. The molecule has 0 bridgehead atoms. The molecule has 0 aliphatic rings. The highest BCUT2D eigenvalue weighted by Crippen LogP contribution is 2.28. The number of alkyl halides is 3. The fraction of sp³-hybridized carbons (Fsp3) is 0.250. The Labute approximate surface area is 111 Å². The molecule has 2 rings (SSSR count). The SMILES string of the molecule is Cn1nc(C(F)(F)F)cc1CNc1ccc(F)cc1F. The standard InChI is InChI=1S/C12H10F5N3/c1-20-8(5-11(19-20)12(15,16)17)6-18-10-3-2-7(13)4-9(10)14/h2-5,18H,6H2,1H3. The number of halogens is 5. The fourth-order valence-corrected chi connectivity index (χ4v) is 1.63. The van der Waals surface area contributed by atoms with Gasteiger partial charge < -0.3 is 5.32 Å². The molecule has 0 aliphatic heterocycles. The zero-order chi connectivity index (χ0) is 14.9. The van der Waals surface area contributed by atoms with Crippen LogP contribution in [0.3, 0.4) is 0 Å². The van der Waals surface area contributed by atoms with Crippen LogP contribution in [0.5, 0.6) is 0 Å². The predicted octanol–water partition coefficient (Wildman–Crippen LogP) is 3.33. The Balaban J connectivity index is 2.13. The van der Waals surface area contributed by atoms with E-state index in [2.05, 4.69) is 10.4 Å². The number of anilines is 1. The van der Waals surface area contributed by atoms with Crippen LogP contribution in [0, 0.1) is 11.6 Å². The largest absolute Gasteiger partial charge is 0.435 e. The molecule has 8 heteroatoms. The molecule has 1 N–H and O–H groups in total. The summed E-state index contributed by atoms with van der Waals surface area (Å²) < 4.78 is 64.5. The smallest absolute Gasteiger partial charge is 0.377 e. The second kappa shape index (κ2) is 5.10. The topological polar surface area (TPSA) is 29.9 Å². The lowest BCUT2D eigenvalue weighted by atomic mass is 10.3. The first-order valence-electron chi connectivity index (χ1n) is 5.56. The van der Waals surface area contributed by atoms with Crippen molar-refractivity contribution in [3.8, 4) is 0 Å². The second-order valence-corrected chi connectivity index (χ2v) is 4.12. The number of aromatic nitrogens is 2. The summed E-state index contributed by atoms with van der Waals surface area (Å²) >= 11 is 0. The minimum atomic E-state index is -4.53. The van der Waals surface area contributed by atoms with Gasteiger partial charge in [0.15, 0.2) is 5.69 Å². The minimum absolute atomic E-state index is 0.00107. The maximum absolute atomic E-state index is 13.3. The molecule has 0 unspecified atom stereocenters. The molecule has 2 aromatic rings. The monoisotopic (exact) mass is 291 g/mol. The summed E-state index contributed by atoms with van der Waals surface area (Å²) in [5, 5.41) is 5.92. The van der Waals surface area contributed by atoms with E-state index in [9.17, 15) is 22.0 Å². The Morgan fingerprint density at radius 2 is 1.90 bits per heavy atom. The van der Waals surface area contributed by atoms with Crippen molar-refractivity contribution in [2.45, 2.75) is 12.7 Å². The van der Waals surface area contributed by atoms with Gasteiger partial charge in [-0.3, -0.25) is 4.68 Å². The van der Waals surface area contributed by atoms with Crippen LogP contribution in [-0.2, 0) is 19.8 Å². The molecule has 108 valence electrons. The molecule has 20 heavy (non-hydrogen) atoms. The number of hydrogen-bond donors (Lipinski definition) is 1. The highest BCUT2D eigenvalue weighted by Gasteiger charge is 2.34. The van der Waals surface area contributed by atoms with Gasteiger partial charge in [0.1, 0.15) is 11.6 Å². The van der Waals surface area contributed by atoms with Crippen molar-refractivity contribution in [3.63, 3.8) is 0 Å². The van der Waals surface area contributed by atoms with Crippen LogP contribution in [0.25, 0.3) is 0 Å². The maximum Gasteiger partial charge on any atom is 0.435 e. The molecule has 0 radical (unpaired) electrons. The number of benzene rings is 1. The van der Waals surface area contributed by atoms with Crippen molar-refractivity contribution in [2.75, 3.05) is 5.32 Å². The Bertz CT molecular complexity index is 618. The van der Waals surface area contributed by atoms with Crippen molar-refractivity contribution in [1.82, 2.24) is 9.78 Å². The Kier molecular flexibility index (Phi) is 3.65. The van der Waals surface area contributed by atoms with Gasteiger partial charge in [-0.25, -0.2) is 8.78 Å². The number of aryl methyl sites for hydroxylation is 1. The molecular formula is C12H10F5N3. The number of hydrogen-bond acceptors (Lipinski definition) is 2. The van der Waals surface area contributed by atoms with E-state index in [4.69, 9.17) is 0 Å². The van der Waals surface area contributed by atoms with Crippen LogP contribution in [-0.4, -0.2) is 9.78 Å². The fourth-order valence-electron chi connectivity index (χ4n) is 1.63. The van der Waals surface area contributed by atoms with Gasteiger partial charge >= 0.3 is 6.18 Å². The molecule has 0 aliphatic carbocycles. The van der Waals surface area contributed by atoms with Crippen LogP contribution >= 0.6 is 0 Å². The summed E-state index contributed by atoms with van der Waals surface area (Å²) in [5.74, 6) is -1.55. The van der Waals surface area contributed by atoms with Gasteiger partial charge in [0, 0.05) is 13.1 Å². The van der Waals surface area contributed by atoms with Crippen molar-refractivity contribution < 1.29 is 22.0 Å². The highest BCUT2D eigenvalue weighted by molar-refractivity contribution is 5.45. The Hall–Kier alpha value is -2.12. The van der Waals surface area contributed by atoms with Gasteiger partial charge in [0.25, 0.3) is 0 Å². The van der Waals surface area contributed by atoms with E-state index in [-0.39, 0.29) is 17.9 Å². The summed E-state index contributed by atoms with van der Waals surface area (Å²) in [6, 6.07) is 3.78. The number of nitrogens with zero attached hydrogens (tertiary/aromatic N) is 2. The Morgan fingerprint density at radius 1 is 1.20 bits per heavy atom. The average Bonchev–Trinajstić information content (AvgIpc) is 2.69. The van der Waals surface area contributed by atoms with Crippen LogP contribution in [0.1, 0.15) is 11.4 Å². The first-order valence-corrected chi connectivity index (χ1v) is 5.56. The van der Waals surface area contributed by atoms with E-state index < -0.39 is 23.5 Å². The minimum Gasteiger partial charge on any atom is -0.377 e. The zero-order valence-electron chi connectivity index (χ0n) is 10.3. The van der Waals surface area contributed by atoms with Gasteiger partial charge in [-0.05, 0) is 18.2 Å². The summed E-state index contributed by atoms with van der Waals surface area (Å²) in [6.07, 6.45) is -4.53. The first-order chi connectivity index (χ1) is 9.27. The number of nitrogens with one attached hydrogen (secondary N) is 1. The van der Waals surface area contributed by atoms with E-state index in [0.717, 1.165) is 16.8 Å². The van der Waals surface area contributed by atoms with Gasteiger partial charge in [-0.15, -0.1) is 0 Å². The van der Waals surface area contributed by atoms with E-state index >= 15 is 0 Å². The third-order valence-electron chi connectivity index (χ3n) is 2.66. The highest BCUT2D eigenvalue weighted by atomic mass is 19.4. The van der Waals surface area contributed by atoms with Crippen LogP contribution < -0.4 is 5.32 Å². The molecule has 3 nitrogen and oxygen atoms in total. The normalized spacial score (nSPS) is 11.7. The third kappa shape index (κ3) is 3.06. The van der Waals surface area contributed by atoms with Gasteiger partial charge in [-0.2, -0.15) is 18.3 Å². The summed E-state index contributed by atoms with van der Waals surface area (Å²) in [7, 11) is 1.35. The lowest BCUT2D eigenvalue weighted by molar-refractivity contribution is -0.141. The predicted molar refractivity (Wildman–Crippen MR) is 61.9 cm³/mol. The summed E-state index contributed by atoms with van der Waals surface area (Å²) in [5.41, 5.74) is -0.793. The molecule has 1 aromatic heterocycles. The second-order valence-electron chi connectivity index (χ2n) is 4.12. The van der Waals surface area contributed by atoms with E-state index in [0.29, 0.717) is 6.07 Å². The van der Waals surface area contributed by atoms with Gasteiger partial charge in [0.2, 0.25) is 0 Å². The molecule has 0 saturated carbocycles. The van der Waals surface area contributed by atoms with Crippen molar-refractivity contribution >= 4 is 5.69 Å². The summed E-state index contributed by atoms with van der Waals surface area (Å²) in [4.78, 5) is 0. The first kappa shape index (κ1) is 14.3. The van der Waals surface area contributed by atoms with Crippen LogP contribution in [0.15, 0.2) is 24.3 Å². The zero-order valence-corrected chi connectivity index (χ0v) is 10.3. The molecule has 1 aromatic carbocycles. The average molecular weight is 291 g/mol. The van der Waals surface area contributed by atoms with Crippen LogP contribution in [0.2, 0.25) is 0 Å². The lowest BCUT2D eigenvalue weighted by Crippen LogP contribution is -2.07. The molecule has 1 heterocycles. The van der Waals surface area contributed by atoms with Gasteiger partial charge in [-0.1, -0.05) is 0 Å². The van der Waals surface area contributed by atoms with Crippen molar-refractivity contribution in [1.29, 1.82) is 0 Å². The Morgan fingerprint density at radius 3 is 2.45 bits per heavy atom. The molecule has 0 atom stereocenters. The molecule has 0 spiro atoms. The van der Waals surface area contributed by atoms with Gasteiger partial charge in [0.05, 0.1) is 17.9 Å². The number of rotatable bonds is 3. The lowest BCUT2D eigenvalue weighted by Gasteiger charge is -2.07. The van der Waals surface area contributed by atoms with E-state index in [1.54, 1.807) is 0 Å². The molecule has 0 fully saturated rings. The molecule has 0 amide bonds. The van der Waals surface area contributed by atoms with E-state index in [1.165, 1.54) is 13.1 Å². The molecular weight excluding hydrogens is 281 g/mol. The van der Waals surface area contributed by atoms with Crippen molar-refractivity contribution in [2.24, 2.45) is 7.05 Å². The van der Waals surface area contributed by atoms with E-state index in [1.807, 2.05) is 0 Å². The quantitative estimate of drug-likeness (QED) is 0.879.